The Morgan fingerprint density at radius 1 is 1.24 bits per heavy atom. The smallest absolute Gasteiger partial charge is 0.138 e. The van der Waals surface area contributed by atoms with Gasteiger partial charge in [0.05, 0.1) is 18.2 Å². The molecular weight excluding hydrogens is 214 g/mol. The second-order valence-corrected chi connectivity index (χ2v) is 4.37. The normalized spacial score (nSPS) is 23.4. The predicted molar refractivity (Wildman–Crippen MR) is 68.1 cm³/mol. The maximum absolute atomic E-state index is 9.44. The van der Waals surface area contributed by atoms with E-state index < -0.39 is 0 Å². The molecule has 1 aliphatic rings. The summed E-state index contributed by atoms with van der Waals surface area (Å²) in [4.78, 5) is 5.36. The van der Waals surface area contributed by atoms with Crippen molar-refractivity contribution in [1.29, 1.82) is 0 Å². The van der Waals surface area contributed by atoms with Crippen molar-refractivity contribution in [2.45, 2.75) is 32.8 Å². The van der Waals surface area contributed by atoms with E-state index >= 15 is 0 Å². The van der Waals surface area contributed by atoms with Gasteiger partial charge < -0.3 is 9.94 Å². The fourth-order valence-corrected chi connectivity index (χ4v) is 2.18. The molecule has 17 heavy (non-hydrogen) atoms. The number of benzene rings is 1. The first-order valence-corrected chi connectivity index (χ1v) is 6.24. The number of nitrogens with zero attached hydrogens (tertiary/aromatic N) is 1. The van der Waals surface area contributed by atoms with Crippen molar-refractivity contribution in [3.63, 3.8) is 0 Å². The molecule has 1 heterocycles. The maximum atomic E-state index is 9.44. The van der Waals surface area contributed by atoms with Gasteiger partial charge in [-0.3, -0.25) is 0 Å². The molecule has 0 saturated heterocycles. The molecule has 1 aliphatic heterocycles. The molecule has 0 aromatic heterocycles. The van der Waals surface area contributed by atoms with Crippen molar-refractivity contribution in [3.8, 4) is 0 Å². The Morgan fingerprint density at radius 3 is 2.47 bits per heavy atom. The number of hydrogen-bond donors (Lipinski definition) is 1. The van der Waals surface area contributed by atoms with Crippen molar-refractivity contribution >= 4 is 5.71 Å². The van der Waals surface area contributed by atoms with Crippen molar-refractivity contribution in [2.75, 3.05) is 6.61 Å². The molecule has 0 spiro atoms. The molecular formula is C14H19NO2. The highest BCUT2D eigenvalue weighted by molar-refractivity contribution is 6.03. The highest BCUT2D eigenvalue weighted by Gasteiger charge is 2.32. The zero-order valence-corrected chi connectivity index (χ0v) is 10.4. The highest BCUT2D eigenvalue weighted by atomic mass is 16.6. The van der Waals surface area contributed by atoms with E-state index in [-0.39, 0.29) is 18.6 Å². The Labute approximate surface area is 102 Å². The molecule has 3 heteroatoms. The maximum Gasteiger partial charge on any atom is 0.138 e. The zero-order chi connectivity index (χ0) is 12.3. The monoisotopic (exact) mass is 233 g/mol. The van der Waals surface area contributed by atoms with Gasteiger partial charge in [0, 0.05) is 0 Å². The molecule has 2 atom stereocenters. The standard InChI is InChI=1S/C14H19NO2/c1-3-10-5-7-11(8-6-10)14-12(9-16)13(4-2)17-15-14/h5-8,12-13,16H,3-4,9H2,1-2H3/t12-,13+/m1/s1. The van der Waals surface area contributed by atoms with Gasteiger partial charge in [-0.2, -0.15) is 0 Å². The Kier molecular flexibility index (Phi) is 3.79. The van der Waals surface area contributed by atoms with Gasteiger partial charge in [0.15, 0.2) is 0 Å². The SMILES string of the molecule is CCc1ccc(C2=NO[C@@H](CC)[C@H]2CO)cc1. The summed E-state index contributed by atoms with van der Waals surface area (Å²) in [6.07, 6.45) is 1.91. The van der Waals surface area contributed by atoms with Crippen molar-refractivity contribution in [2.24, 2.45) is 11.1 Å². The number of aliphatic hydroxyl groups is 1. The highest BCUT2D eigenvalue weighted by Crippen LogP contribution is 2.25. The van der Waals surface area contributed by atoms with E-state index in [4.69, 9.17) is 4.84 Å². The molecule has 0 aliphatic carbocycles. The van der Waals surface area contributed by atoms with Crippen molar-refractivity contribution in [1.82, 2.24) is 0 Å². The Bertz CT molecular complexity index is 397. The van der Waals surface area contributed by atoms with Gasteiger partial charge in [0.2, 0.25) is 0 Å². The molecule has 0 bridgehead atoms. The molecule has 3 nitrogen and oxygen atoms in total. The van der Waals surface area contributed by atoms with Crippen LogP contribution in [-0.2, 0) is 11.3 Å². The third kappa shape index (κ3) is 2.34. The van der Waals surface area contributed by atoms with Crippen LogP contribution in [0.5, 0.6) is 0 Å². The average Bonchev–Trinajstić information content (AvgIpc) is 2.81. The second kappa shape index (κ2) is 5.32. The predicted octanol–water partition coefficient (Wildman–Crippen LogP) is 2.37. The van der Waals surface area contributed by atoms with Gasteiger partial charge in [-0.15, -0.1) is 0 Å². The lowest BCUT2D eigenvalue weighted by atomic mass is 9.91. The van der Waals surface area contributed by atoms with Crippen LogP contribution in [0.15, 0.2) is 29.4 Å². The number of aliphatic hydroxyl groups excluding tert-OH is 1. The van der Waals surface area contributed by atoms with Crippen LogP contribution < -0.4 is 0 Å². The van der Waals surface area contributed by atoms with Gasteiger partial charge >= 0.3 is 0 Å². The molecule has 0 radical (unpaired) electrons. The fourth-order valence-electron chi connectivity index (χ4n) is 2.18. The quantitative estimate of drug-likeness (QED) is 0.867. The van der Waals surface area contributed by atoms with E-state index in [2.05, 4.69) is 36.3 Å². The first-order chi connectivity index (χ1) is 8.30. The fraction of sp³-hybridized carbons (Fsp3) is 0.500. The molecule has 92 valence electrons. The zero-order valence-electron chi connectivity index (χ0n) is 10.4. The van der Waals surface area contributed by atoms with Crippen LogP contribution in [0, 0.1) is 5.92 Å². The molecule has 1 aromatic carbocycles. The molecule has 0 unspecified atom stereocenters. The number of aryl methyl sites for hydroxylation is 1. The molecule has 1 aromatic rings. The van der Waals surface area contributed by atoms with Crippen molar-refractivity contribution < 1.29 is 9.94 Å². The van der Waals surface area contributed by atoms with E-state index in [0.29, 0.717) is 0 Å². The van der Waals surface area contributed by atoms with Gasteiger partial charge in [-0.25, -0.2) is 0 Å². The molecule has 2 rings (SSSR count). The van der Waals surface area contributed by atoms with E-state index in [1.54, 1.807) is 0 Å². The van der Waals surface area contributed by atoms with Crippen LogP contribution in [0.1, 0.15) is 31.4 Å². The van der Waals surface area contributed by atoms with E-state index in [9.17, 15) is 5.11 Å². The minimum atomic E-state index is 0.00692. The van der Waals surface area contributed by atoms with E-state index in [1.165, 1.54) is 5.56 Å². The Balaban J connectivity index is 2.21. The first-order valence-electron chi connectivity index (χ1n) is 6.24. The first kappa shape index (κ1) is 12.1. The Hall–Kier alpha value is -1.35. The molecule has 0 fully saturated rings. The summed E-state index contributed by atoms with van der Waals surface area (Å²) in [5.41, 5.74) is 3.24. The lowest BCUT2D eigenvalue weighted by Gasteiger charge is -2.14. The van der Waals surface area contributed by atoms with Crippen LogP contribution in [-0.4, -0.2) is 23.5 Å². The second-order valence-electron chi connectivity index (χ2n) is 4.37. The Morgan fingerprint density at radius 2 is 1.94 bits per heavy atom. The average molecular weight is 233 g/mol. The van der Waals surface area contributed by atoms with Crippen LogP contribution in [0.3, 0.4) is 0 Å². The van der Waals surface area contributed by atoms with Crippen LogP contribution in [0.25, 0.3) is 0 Å². The molecule has 0 saturated carbocycles. The van der Waals surface area contributed by atoms with Crippen LogP contribution in [0.4, 0.5) is 0 Å². The molecule has 0 amide bonds. The number of oxime groups is 1. The van der Waals surface area contributed by atoms with E-state index in [0.717, 1.165) is 24.1 Å². The lowest BCUT2D eigenvalue weighted by molar-refractivity contribution is 0.0439. The van der Waals surface area contributed by atoms with E-state index in [1.807, 2.05) is 6.92 Å². The minimum absolute atomic E-state index is 0.00692. The minimum Gasteiger partial charge on any atom is -0.396 e. The summed E-state index contributed by atoms with van der Waals surface area (Å²) < 4.78 is 0. The number of hydrogen-bond acceptors (Lipinski definition) is 3. The van der Waals surface area contributed by atoms with Crippen molar-refractivity contribution in [3.05, 3.63) is 35.4 Å². The summed E-state index contributed by atoms with van der Waals surface area (Å²) in [5.74, 6) is 0.00692. The topological polar surface area (TPSA) is 41.8 Å². The van der Waals surface area contributed by atoms with Gasteiger partial charge in [-0.05, 0) is 24.0 Å². The van der Waals surface area contributed by atoms with Crippen LogP contribution in [0.2, 0.25) is 0 Å². The largest absolute Gasteiger partial charge is 0.396 e. The summed E-state index contributed by atoms with van der Waals surface area (Å²) in [6, 6.07) is 8.32. The third-order valence-electron chi connectivity index (χ3n) is 3.34. The molecule has 1 N–H and O–H groups in total. The van der Waals surface area contributed by atoms with Gasteiger partial charge in [-0.1, -0.05) is 43.3 Å². The summed E-state index contributed by atoms with van der Waals surface area (Å²) in [5, 5.41) is 13.6. The lowest BCUT2D eigenvalue weighted by Crippen LogP contribution is -2.26. The summed E-state index contributed by atoms with van der Waals surface area (Å²) >= 11 is 0. The van der Waals surface area contributed by atoms with Crippen LogP contribution >= 0.6 is 0 Å². The van der Waals surface area contributed by atoms with Gasteiger partial charge in [0.1, 0.15) is 6.10 Å². The van der Waals surface area contributed by atoms with Gasteiger partial charge in [0.25, 0.3) is 0 Å². The third-order valence-corrected chi connectivity index (χ3v) is 3.34. The number of rotatable bonds is 4. The summed E-state index contributed by atoms with van der Waals surface area (Å²) in [6.45, 7) is 4.27. The summed E-state index contributed by atoms with van der Waals surface area (Å²) in [7, 11) is 0.